The first-order chi connectivity index (χ1) is 15.5. The summed E-state index contributed by atoms with van der Waals surface area (Å²) in [6.07, 6.45) is 6.04. The molecule has 0 aromatic heterocycles. The average molecular weight is 453 g/mol. The highest BCUT2D eigenvalue weighted by Crippen LogP contribution is 2.33. The number of piperazine rings is 1. The number of para-hydroxylation sites is 1. The van der Waals surface area contributed by atoms with Crippen LogP contribution in [0, 0.1) is 5.92 Å². The second-order valence-electron chi connectivity index (χ2n) is 8.83. The lowest BCUT2D eigenvalue weighted by Gasteiger charge is -2.34. The number of hydrogen-bond donors (Lipinski definition) is 1. The van der Waals surface area contributed by atoms with E-state index >= 15 is 0 Å². The van der Waals surface area contributed by atoms with Gasteiger partial charge in [-0.2, -0.15) is 0 Å². The summed E-state index contributed by atoms with van der Waals surface area (Å²) in [5.74, 6) is 0.860. The molecule has 2 heterocycles. The van der Waals surface area contributed by atoms with Gasteiger partial charge in [0.05, 0.1) is 5.69 Å². The van der Waals surface area contributed by atoms with Crippen molar-refractivity contribution in [2.75, 3.05) is 37.4 Å². The second kappa shape index (κ2) is 8.67. The first-order valence-corrected chi connectivity index (χ1v) is 12.8. The molecule has 0 radical (unpaired) electrons. The van der Waals surface area contributed by atoms with Crippen molar-refractivity contribution < 1.29 is 13.2 Å². The Bertz CT molecular complexity index is 1130. The number of sulfonamides is 1. The van der Waals surface area contributed by atoms with Gasteiger partial charge >= 0.3 is 0 Å². The van der Waals surface area contributed by atoms with Crippen LogP contribution in [0.1, 0.15) is 35.2 Å². The molecule has 8 heteroatoms. The number of amides is 1. The van der Waals surface area contributed by atoms with Gasteiger partial charge in [-0.05, 0) is 67.5 Å². The molecule has 3 aliphatic rings. The number of aliphatic imine (C=N–C) groups is 1. The van der Waals surface area contributed by atoms with E-state index in [4.69, 9.17) is 0 Å². The van der Waals surface area contributed by atoms with Gasteiger partial charge < -0.3 is 4.90 Å². The predicted molar refractivity (Wildman–Crippen MR) is 125 cm³/mol. The lowest BCUT2D eigenvalue weighted by molar-refractivity contribution is 0.0632. The maximum Gasteiger partial charge on any atom is 0.264 e. The fraction of sp³-hybridized carbons (Fsp3) is 0.417. The van der Waals surface area contributed by atoms with Crippen molar-refractivity contribution in [1.29, 1.82) is 0 Å². The summed E-state index contributed by atoms with van der Waals surface area (Å²) in [6, 6.07) is 11.9. The van der Waals surface area contributed by atoms with Gasteiger partial charge in [0.1, 0.15) is 4.90 Å². The SMILES string of the molecule is O=C(c1ccc(NS(=O)(=O)c2cccc3c2N=CCC3)cc1)N1CCN(CC2CC2)CC1. The molecule has 32 heavy (non-hydrogen) atoms. The maximum atomic E-state index is 13.0. The molecule has 0 spiro atoms. The Balaban J connectivity index is 1.24. The van der Waals surface area contributed by atoms with Gasteiger partial charge in [0.15, 0.2) is 0 Å². The summed E-state index contributed by atoms with van der Waals surface area (Å²) in [4.78, 5) is 21.7. The van der Waals surface area contributed by atoms with Crippen LogP contribution >= 0.6 is 0 Å². The highest BCUT2D eigenvalue weighted by atomic mass is 32.2. The maximum absolute atomic E-state index is 13.0. The summed E-state index contributed by atoms with van der Waals surface area (Å²) in [5.41, 5.74) is 2.45. The van der Waals surface area contributed by atoms with Gasteiger partial charge in [-0.25, -0.2) is 8.42 Å². The Morgan fingerprint density at radius 2 is 1.78 bits per heavy atom. The largest absolute Gasteiger partial charge is 0.336 e. The Kier molecular flexibility index (Phi) is 5.73. The van der Waals surface area contributed by atoms with Crippen molar-refractivity contribution in [2.45, 2.75) is 30.6 Å². The van der Waals surface area contributed by atoms with Crippen LogP contribution in [0.4, 0.5) is 11.4 Å². The Morgan fingerprint density at radius 1 is 1.03 bits per heavy atom. The number of aryl methyl sites for hydroxylation is 1. The van der Waals surface area contributed by atoms with E-state index < -0.39 is 10.0 Å². The van der Waals surface area contributed by atoms with Gasteiger partial charge in [-0.1, -0.05) is 12.1 Å². The molecule has 1 N–H and O–H groups in total. The highest BCUT2D eigenvalue weighted by molar-refractivity contribution is 7.92. The van der Waals surface area contributed by atoms with Crippen molar-refractivity contribution in [2.24, 2.45) is 10.9 Å². The van der Waals surface area contributed by atoms with Crippen molar-refractivity contribution in [3.05, 3.63) is 53.6 Å². The van der Waals surface area contributed by atoms with Gasteiger partial charge in [-0.15, -0.1) is 0 Å². The van der Waals surface area contributed by atoms with Crippen molar-refractivity contribution in [3.63, 3.8) is 0 Å². The molecule has 0 unspecified atom stereocenters. The number of nitrogens with zero attached hydrogens (tertiary/aromatic N) is 3. The minimum absolute atomic E-state index is 0.00283. The van der Waals surface area contributed by atoms with Gasteiger partial charge in [0.25, 0.3) is 15.9 Å². The average Bonchev–Trinajstić information content (AvgIpc) is 3.63. The zero-order valence-electron chi connectivity index (χ0n) is 18.0. The van der Waals surface area contributed by atoms with Crippen LogP contribution in [0.15, 0.2) is 52.4 Å². The Morgan fingerprint density at radius 3 is 2.50 bits per heavy atom. The lowest BCUT2D eigenvalue weighted by Crippen LogP contribution is -2.49. The first-order valence-electron chi connectivity index (χ1n) is 11.3. The third-order valence-electron chi connectivity index (χ3n) is 6.39. The molecular formula is C24H28N4O3S. The van der Waals surface area contributed by atoms with Crippen molar-refractivity contribution in [1.82, 2.24) is 9.80 Å². The molecule has 1 saturated carbocycles. The number of hydrogen-bond acceptors (Lipinski definition) is 5. The van der Waals surface area contributed by atoms with Gasteiger partial charge in [0, 0.05) is 50.2 Å². The van der Waals surface area contributed by atoms with Crippen molar-refractivity contribution >= 4 is 33.5 Å². The van der Waals surface area contributed by atoms with Gasteiger partial charge in [-0.3, -0.25) is 19.4 Å². The summed E-state index contributed by atoms with van der Waals surface area (Å²) >= 11 is 0. The quantitative estimate of drug-likeness (QED) is 0.729. The Labute approximate surface area is 189 Å². The number of carbonyl (C=O) groups is 1. The van der Waals surface area contributed by atoms with Crippen molar-refractivity contribution in [3.8, 4) is 0 Å². The minimum Gasteiger partial charge on any atom is -0.336 e. The molecule has 2 aromatic carbocycles. The van der Waals surface area contributed by atoms with Crippen LogP contribution < -0.4 is 4.72 Å². The molecule has 2 aliphatic heterocycles. The van der Waals surface area contributed by atoms with Crippen LogP contribution in [0.2, 0.25) is 0 Å². The minimum atomic E-state index is -3.78. The molecule has 2 aromatic rings. The molecule has 5 rings (SSSR count). The standard InChI is InChI=1S/C24H28N4O3S/c29-24(28-15-13-27(14-16-28)17-18-6-7-18)20-8-10-21(11-9-20)26-32(30,31)22-5-1-3-19-4-2-12-25-23(19)22/h1,3,5,8-12,18,26H,2,4,6-7,13-17H2. The van der Waals surface area contributed by atoms with E-state index in [1.165, 1.54) is 12.8 Å². The number of benzene rings is 2. The predicted octanol–water partition coefficient (Wildman–Crippen LogP) is 3.30. The smallest absolute Gasteiger partial charge is 0.264 e. The molecule has 1 amide bonds. The van der Waals surface area contributed by atoms with Crippen LogP contribution in [0.3, 0.4) is 0 Å². The lowest BCUT2D eigenvalue weighted by atomic mass is 10.1. The van der Waals surface area contributed by atoms with E-state index in [1.54, 1.807) is 42.6 Å². The molecule has 1 aliphatic carbocycles. The van der Waals surface area contributed by atoms with Crippen LogP contribution in [0.25, 0.3) is 0 Å². The molecule has 2 fully saturated rings. The van der Waals surface area contributed by atoms with E-state index in [9.17, 15) is 13.2 Å². The monoisotopic (exact) mass is 452 g/mol. The summed E-state index contributed by atoms with van der Waals surface area (Å²) in [7, 11) is -3.78. The van der Waals surface area contributed by atoms with E-state index in [0.29, 0.717) is 16.9 Å². The van der Waals surface area contributed by atoms with E-state index in [2.05, 4.69) is 14.6 Å². The number of anilines is 1. The Hall–Kier alpha value is -2.71. The van der Waals surface area contributed by atoms with Crippen LogP contribution in [0.5, 0.6) is 0 Å². The molecular weight excluding hydrogens is 424 g/mol. The van der Waals surface area contributed by atoms with Crippen LogP contribution in [-0.2, 0) is 16.4 Å². The molecule has 7 nitrogen and oxygen atoms in total. The third-order valence-corrected chi connectivity index (χ3v) is 7.81. The van der Waals surface area contributed by atoms with E-state index in [1.807, 2.05) is 11.0 Å². The zero-order valence-corrected chi connectivity index (χ0v) is 18.9. The fourth-order valence-electron chi connectivity index (χ4n) is 4.38. The highest BCUT2D eigenvalue weighted by Gasteiger charge is 2.28. The van der Waals surface area contributed by atoms with E-state index in [-0.39, 0.29) is 10.8 Å². The van der Waals surface area contributed by atoms with Gasteiger partial charge in [0.2, 0.25) is 0 Å². The number of fused-ring (bicyclic) bond motifs is 1. The molecule has 0 bridgehead atoms. The zero-order chi connectivity index (χ0) is 22.1. The first kappa shape index (κ1) is 21.2. The molecule has 168 valence electrons. The fourth-order valence-corrected chi connectivity index (χ4v) is 5.63. The van der Waals surface area contributed by atoms with Crippen LogP contribution in [-0.4, -0.2) is 63.1 Å². The number of rotatable bonds is 6. The number of nitrogens with one attached hydrogen (secondary N) is 1. The topological polar surface area (TPSA) is 82.1 Å². The molecule has 1 saturated heterocycles. The normalized spacial score (nSPS) is 18.9. The summed E-state index contributed by atoms with van der Waals surface area (Å²) < 4.78 is 28.6. The molecule has 0 atom stereocenters. The number of carbonyl (C=O) groups excluding carboxylic acids is 1. The summed E-state index contributed by atoms with van der Waals surface area (Å²) in [6.45, 7) is 4.47. The van der Waals surface area contributed by atoms with E-state index in [0.717, 1.165) is 57.0 Å². The summed E-state index contributed by atoms with van der Waals surface area (Å²) in [5, 5.41) is 0. The second-order valence-corrected chi connectivity index (χ2v) is 10.5. The third kappa shape index (κ3) is 4.56.